The van der Waals surface area contributed by atoms with Gasteiger partial charge >= 0.3 is 0 Å². The molecular weight excluding hydrogens is 302 g/mol. The van der Waals surface area contributed by atoms with Crippen molar-refractivity contribution >= 4 is 27.5 Å². The van der Waals surface area contributed by atoms with Gasteiger partial charge in [-0.2, -0.15) is 11.8 Å². The predicted octanol–water partition coefficient (Wildman–Crippen LogP) is 0.657. The van der Waals surface area contributed by atoms with Crippen LogP contribution in [0.2, 0.25) is 0 Å². The molecule has 8 heteroatoms. The zero-order valence-electron chi connectivity index (χ0n) is 10.8. The van der Waals surface area contributed by atoms with E-state index in [1.165, 1.54) is 28.8 Å². The lowest BCUT2D eigenvalue weighted by atomic mass is 10.1. The van der Waals surface area contributed by atoms with Crippen LogP contribution >= 0.6 is 11.8 Å². The molecule has 1 unspecified atom stereocenters. The van der Waals surface area contributed by atoms with Gasteiger partial charge in [-0.05, 0) is 18.2 Å². The van der Waals surface area contributed by atoms with Crippen molar-refractivity contribution in [3.8, 4) is 11.5 Å². The van der Waals surface area contributed by atoms with Crippen LogP contribution in [0.3, 0.4) is 0 Å². The number of thioether (sulfide) groups is 1. The van der Waals surface area contributed by atoms with Gasteiger partial charge < -0.3 is 15.1 Å². The number of rotatable bonds is 2. The summed E-state index contributed by atoms with van der Waals surface area (Å²) in [4.78, 5) is 13.6. The average molecular weight is 317 g/mol. The Morgan fingerprint density at radius 3 is 2.75 bits per heavy atom. The maximum atomic E-state index is 12.4. The Balaban J connectivity index is 2.37. The number of benzene rings is 1. The third-order valence-electron chi connectivity index (χ3n) is 3.05. The minimum absolute atomic E-state index is 0.0921. The largest absolute Gasteiger partial charge is 0.508 e. The van der Waals surface area contributed by atoms with Crippen molar-refractivity contribution in [3.05, 3.63) is 23.8 Å². The fourth-order valence-corrected chi connectivity index (χ4v) is 4.83. The highest BCUT2D eigenvalue weighted by Gasteiger charge is 2.35. The van der Waals surface area contributed by atoms with Crippen LogP contribution in [0.4, 0.5) is 0 Å². The molecule has 0 aliphatic carbocycles. The topological polar surface area (TPSA) is 94.9 Å². The molecule has 1 aliphatic heterocycles. The number of aromatic hydroxyl groups is 2. The SMILES string of the molecule is CS(=O)(=O)C1CSCCN1C(=O)c1cc(O)ccc1O. The van der Waals surface area contributed by atoms with E-state index in [-0.39, 0.29) is 23.6 Å². The standard InChI is InChI=1S/C12H15NO5S2/c1-20(17,18)11-7-19-5-4-13(11)12(16)9-6-8(14)2-3-10(9)15/h2-3,6,11,14-15H,4-5,7H2,1H3. The molecule has 0 spiro atoms. The van der Waals surface area contributed by atoms with Crippen LogP contribution in [-0.4, -0.2) is 59.1 Å². The highest BCUT2D eigenvalue weighted by atomic mass is 32.2. The summed E-state index contributed by atoms with van der Waals surface area (Å²) in [6.45, 7) is 0.288. The molecule has 1 atom stereocenters. The highest BCUT2D eigenvalue weighted by Crippen LogP contribution is 2.27. The van der Waals surface area contributed by atoms with Crippen molar-refractivity contribution in [2.75, 3.05) is 24.3 Å². The fourth-order valence-electron chi connectivity index (χ4n) is 2.02. The summed E-state index contributed by atoms with van der Waals surface area (Å²) < 4.78 is 23.5. The van der Waals surface area contributed by atoms with Crippen LogP contribution < -0.4 is 0 Å². The maximum absolute atomic E-state index is 12.4. The molecule has 1 saturated heterocycles. The molecule has 20 heavy (non-hydrogen) atoms. The van der Waals surface area contributed by atoms with Gasteiger partial charge in [-0.15, -0.1) is 0 Å². The Kier molecular flexibility index (Phi) is 4.14. The minimum atomic E-state index is -3.41. The number of hydrogen-bond acceptors (Lipinski definition) is 6. The van der Waals surface area contributed by atoms with Gasteiger partial charge in [0.1, 0.15) is 16.9 Å². The highest BCUT2D eigenvalue weighted by molar-refractivity contribution is 8.00. The third kappa shape index (κ3) is 3.01. The van der Waals surface area contributed by atoms with E-state index in [1.807, 2.05) is 0 Å². The van der Waals surface area contributed by atoms with E-state index in [9.17, 15) is 23.4 Å². The van der Waals surface area contributed by atoms with Gasteiger partial charge in [0.15, 0.2) is 9.84 Å². The molecule has 2 N–H and O–H groups in total. The molecule has 0 saturated carbocycles. The summed E-state index contributed by atoms with van der Waals surface area (Å²) in [5.74, 6) is -0.0811. The number of carbonyl (C=O) groups is 1. The predicted molar refractivity (Wildman–Crippen MR) is 76.8 cm³/mol. The molecule has 1 amide bonds. The summed E-state index contributed by atoms with van der Waals surface area (Å²) in [6, 6.07) is 3.60. The number of hydrogen-bond donors (Lipinski definition) is 2. The smallest absolute Gasteiger partial charge is 0.258 e. The van der Waals surface area contributed by atoms with E-state index in [4.69, 9.17) is 0 Å². The third-order valence-corrected chi connectivity index (χ3v) is 5.69. The van der Waals surface area contributed by atoms with Crippen LogP contribution in [0.25, 0.3) is 0 Å². The Hall–Kier alpha value is -1.41. The van der Waals surface area contributed by atoms with E-state index in [0.29, 0.717) is 11.5 Å². The Labute approximate surface area is 121 Å². The molecule has 1 aromatic carbocycles. The Morgan fingerprint density at radius 1 is 1.40 bits per heavy atom. The molecule has 1 aromatic rings. The summed E-state index contributed by atoms with van der Waals surface area (Å²) >= 11 is 1.47. The average Bonchev–Trinajstić information content (AvgIpc) is 2.40. The molecule has 110 valence electrons. The zero-order chi connectivity index (χ0) is 14.9. The van der Waals surface area contributed by atoms with Crippen molar-refractivity contribution in [1.29, 1.82) is 0 Å². The monoisotopic (exact) mass is 317 g/mol. The second-order valence-electron chi connectivity index (χ2n) is 4.56. The van der Waals surface area contributed by atoms with Crippen LogP contribution in [0.1, 0.15) is 10.4 Å². The van der Waals surface area contributed by atoms with Gasteiger partial charge in [0.25, 0.3) is 5.91 Å². The number of nitrogens with zero attached hydrogens (tertiary/aromatic N) is 1. The van der Waals surface area contributed by atoms with Gasteiger partial charge in [-0.1, -0.05) is 0 Å². The van der Waals surface area contributed by atoms with Crippen LogP contribution in [0.15, 0.2) is 18.2 Å². The maximum Gasteiger partial charge on any atom is 0.258 e. The van der Waals surface area contributed by atoms with Crippen molar-refractivity contribution in [2.45, 2.75) is 5.37 Å². The van der Waals surface area contributed by atoms with Crippen LogP contribution in [0.5, 0.6) is 11.5 Å². The molecule has 0 bridgehead atoms. The van der Waals surface area contributed by atoms with Crippen LogP contribution in [-0.2, 0) is 9.84 Å². The first-order valence-corrected chi connectivity index (χ1v) is 9.01. The number of phenolic OH excluding ortho intramolecular Hbond substituents is 2. The molecule has 1 aliphatic rings. The number of sulfone groups is 1. The van der Waals surface area contributed by atoms with Gasteiger partial charge in [0, 0.05) is 24.3 Å². The molecule has 1 heterocycles. The number of amides is 1. The van der Waals surface area contributed by atoms with E-state index < -0.39 is 21.1 Å². The Bertz CT molecular complexity index is 629. The van der Waals surface area contributed by atoms with Crippen molar-refractivity contribution < 1.29 is 23.4 Å². The van der Waals surface area contributed by atoms with Gasteiger partial charge in [-0.3, -0.25) is 4.79 Å². The van der Waals surface area contributed by atoms with E-state index in [2.05, 4.69) is 0 Å². The first-order chi connectivity index (χ1) is 9.30. The minimum Gasteiger partial charge on any atom is -0.508 e. The second-order valence-corrected chi connectivity index (χ2v) is 7.91. The fraction of sp³-hybridized carbons (Fsp3) is 0.417. The number of carbonyl (C=O) groups excluding carboxylic acids is 1. The van der Waals surface area contributed by atoms with Gasteiger partial charge in [0.2, 0.25) is 0 Å². The van der Waals surface area contributed by atoms with E-state index >= 15 is 0 Å². The van der Waals surface area contributed by atoms with Crippen LogP contribution in [0, 0.1) is 0 Å². The molecule has 0 aromatic heterocycles. The normalized spacial score (nSPS) is 19.9. The molecule has 1 fully saturated rings. The lowest BCUT2D eigenvalue weighted by molar-refractivity contribution is 0.0746. The van der Waals surface area contributed by atoms with Gasteiger partial charge in [0.05, 0.1) is 5.56 Å². The quantitative estimate of drug-likeness (QED) is 0.778. The lowest BCUT2D eigenvalue weighted by Crippen LogP contribution is -2.49. The summed E-state index contributed by atoms with van der Waals surface area (Å²) in [5, 5.41) is 18.2. The molecular formula is C12H15NO5S2. The zero-order valence-corrected chi connectivity index (χ0v) is 12.4. The summed E-state index contributed by atoms with van der Waals surface area (Å²) in [6.07, 6.45) is 1.09. The summed E-state index contributed by atoms with van der Waals surface area (Å²) in [7, 11) is -3.41. The number of phenols is 2. The Morgan fingerprint density at radius 2 is 2.10 bits per heavy atom. The first kappa shape index (κ1) is 15.0. The van der Waals surface area contributed by atoms with Crippen molar-refractivity contribution in [3.63, 3.8) is 0 Å². The van der Waals surface area contributed by atoms with E-state index in [1.54, 1.807) is 0 Å². The molecule has 2 rings (SSSR count). The van der Waals surface area contributed by atoms with E-state index in [0.717, 1.165) is 12.3 Å². The lowest BCUT2D eigenvalue weighted by Gasteiger charge is -2.34. The van der Waals surface area contributed by atoms with Gasteiger partial charge in [-0.25, -0.2) is 8.42 Å². The molecule has 6 nitrogen and oxygen atoms in total. The first-order valence-electron chi connectivity index (χ1n) is 5.90. The second kappa shape index (κ2) is 5.53. The molecule has 0 radical (unpaired) electrons. The van der Waals surface area contributed by atoms with Crippen molar-refractivity contribution in [1.82, 2.24) is 4.90 Å². The van der Waals surface area contributed by atoms with Crippen molar-refractivity contribution in [2.24, 2.45) is 0 Å². The summed E-state index contributed by atoms with van der Waals surface area (Å²) in [5.41, 5.74) is -0.0921.